The van der Waals surface area contributed by atoms with E-state index in [2.05, 4.69) is 19.2 Å². The Morgan fingerprint density at radius 3 is 2.50 bits per heavy atom. The molecular weight excluding hydrogens is 218 g/mol. The van der Waals surface area contributed by atoms with Crippen molar-refractivity contribution in [3.05, 3.63) is 0 Å². The Kier molecular flexibility index (Phi) is 6.01. The molecule has 2 aliphatic rings. The molecule has 3 atom stereocenters. The topological polar surface area (TPSA) is 12.0 Å². The van der Waals surface area contributed by atoms with Crippen molar-refractivity contribution >= 4 is 0 Å². The molecule has 0 aliphatic heterocycles. The van der Waals surface area contributed by atoms with Crippen LogP contribution in [0.25, 0.3) is 0 Å². The first kappa shape index (κ1) is 14.4. The van der Waals surface area contributed by atoms with Crippen molar-refractivity contribution in [2.24, 2.45) is 17.8 Å². The first-order valence-corrected chi connectivity index (χ1v) is 8.49. The summed E-state index contributed by atoms with van der Waals surface area (Å²) in [6, 6.07) is 0.756. The second kappa shape index (κ2) is 7.53. The zero-order valence-electron chi connectivity index (χ0n) is 12.6. The molecule has 1 nitrogen and oxygen atoms in total. The van der Waals surface area contributed by atoms with Gasteiger partial charge >= 0.3 is 0 Å². The molecule has 1 heteroatoms. The van der Waals surface area contributed by atoms with Crippen LogP contribution in [0.2, 0.25) is 0 Å². The van der Waals surface area contributed by atoms with Crippen LogP contribution in [-0.4, -0.2) is 12.6 Å². The maximum absolute atomic E-state index is 3.81. The maximum Gasteiger partial charge on any atom is 0.00669 e. The SMILES string of the molecule is CC1CCCC(CCNC(C)C2CCCCC2)C1. The quantitative estimate of drug-likeness (QED) is 0.743. The lowest BCUT2D eigenvalue weighted by atomic mass is 9.80. The summed E-state index contributed by atoms with van der Waals surface area (Å²) in [6.07, 6.45) is 14.7. The summed E-state index contributed by atoms with van der Waals surface area (Å²) >= 11 is 0. The molecule has 0 bridgehead atoms. The van der Waals surface area contributed by atoms with Crippen molar-refractivity contribution in [1.82, 2.24) is 5.32 Å². The van der Waals surface area contributed by atoms with Gasteiger partial charge in [0, 0.05) is 6.04 Å². The van der Waals surface area contributed by atoms with E-state index in [0.29, 0.717) is 0 Å². The van der Waals surface area contributed by atoms with Crippen LogP contribution >= 0.6 is 0 Å². The van der Waals surface area contributed by atoms with E-state index in [1.165, 1.54) is 70.8 Å². The van der Waals surface area contributed by atoms with E-state index in [1.807, 2.05) is 0 Å². The van der Waals surface area contributed by atoms with Crippen molar-refractivity contribution in [3.63, 3.8) is 0 Å². The lowest BCUT2D eigenvalue weighted by Crippen LogP contribution is -2.36. The zero-order chi connectivity index (χ0) is 12.8. The Hall–Kier alpha value is -0.0400. The fraction of sp³-hybridized carbons (Fsp3) is 1.00. The Morgan fingerprint density at radius 2 is 1.78 bits per heavy atom. The molecule has 0 radical (unpaired) electrons. The summed E-state index contributed by atoms with van der Waals surface area (Å²) in [7, 11) is 0. The van der Waals surface area contributed by atoms with Gasteiger partial charge in [-0.05, 0) is 56.9 Å². The van der Waals surface area contributed by atoms with Crippen LogP contribution in [0.5, 0.6) is 0 Å². The first-order chi connectivity index (χ1) is 8.75. The Morgan fingerprint density at radius 1 is 1.00 bits per heavy atom. The highest BCUT2D eigenvalue weighted by molar-refractivity contribution is 4.77. The molecule has 1 N–H and O–H groups in total. The Labute approximate surface area is 114 Å². The Balaban J connectivity index is 1.59. The third-order valence-corrected chi connectivity index (χ3v) is 5.42. The summed E-state index contributed by atoms with van der Waals surface area (Å²) in [6.45, 7) is 6.11. The van der Waals surface area contributed by atoms with E-state index in [0.717, 1.165) is 23.8 Å². The van der Waals surface area contributed by atoms with Crippen LogP contribution in [0.15, 0.2) is 0 Å². The molecule has 106 valence electrons. The predicted molar refractivity (Wildman–Crippen MR) is 79.8 cm³/mol. The summed E-state index contributed by atoms with van der Waals surface area (Å²) in [4.78, 5) is 0. The van der Waals surface area contributed by atoms with E-state index in [9.17, 15) is 0 Å². The van der Waals surface area contributed by atoms with Crippen molar-refractivity contribution in [2.45, 2.75) is 84.1 Å². The third kappa shape index (κ3) is 4.57. The third-order valence-electron chi connectivity index (χ3n) is 5.42. The molecule has 3 unspecified atom stereocenters. The highest BCUT2D eigenvalue weighted by Crippen LogP contribution is 2.30. The lowest BCUT2D eigenvalue weighted by Gasteiger charge is -2.30. The fourth-order valence-corrected chi connectivity index (χ4v) is 4.14. The van der Waals surface area contributed by atoms with Gasteiger partial charge in [-0.25, -0.2) is 0 Å². The van der Waals surface area contributed by atoms with Crippen molar-refractivity contribution in [1.29, 1.82) is 0 Å². The van der Waals surface area contributed by atoms with Gasteiger partial charge in [0.1, 0.15) is 0 Å². The fourth-order valence-electron chi connectivity index (χ4n) is 4.14. The largest absolute Gasteiger partial charge is 0.314 e. The van der Waals surface area contributed by atoms with Crippen LogP contribution in [0.3, 0.4) is 0 Å². The van der Waals surface area contributed by atoms with Crippen molar-refractivity contribution in [3.8, 4) is 0 Å². The molecule has 0 aromatic heterocycles. The van der Waals surface area contributed by atoms with Gasteiger partial charge in [0.15, 0.2) is 0 Å². The molecule has 2 aliphatic carbocycles. The van der Waals surface area contributed by atoms with E-state index in [4.69, 9.17) is 0 Å². The number of hydrogen-bond acceptors (Lipinski definition) is 1. The van der Waals surface area contributed by atoms with Gasteiger partial charge in [-0.1, -0.05) is 45.4 Å². The molecule has 2 saturated carbocycles. The van der Waals surface area contributed by atoms with Gasteiger partial charge in [0.25, 0.3) is 0 Å². The van der Waals surface area contributed by atoms with Gasteiger partial charge < -0.3 is 5.32 Å². The predicted octanol–water partition coefficient (Wildman–Crippen LogP) is 4.76. The highest BCUT2D eigenvalue weighted by atomic mass is 14.9. The maximum atomic E-state index is 3.81. The standard InChI is InChI=1S/C17H33N/c1-14-7-6-8-16(13-14)11-12-18-15(2)17-9-4-3-5-10-17/h14-18H,3-13H2,1-2H3. The molecule has 2 fully saturated rings. The number of rotatable bonds is 5. The van der Waals surface area contributed by atoms with Gasteiger partial charge in [-0.2, -0.15) is 0 Å². The van der Waals surface area contributed by atoms with Crippen LogP contribution < -0.4 is 5.32 Å². The van der Waals surface area contributed by atoms with Crippen LogP contribution in [0.1, 0.15) is 78.1 Å². The van der Waals surface area contributed by atoms with E-state index in [-0.39, 0.29) is 0 Å². The molecule has 18 heavy (non-hydrogen) atoms. The second-order valence-corrected chi connectivity index (χ2v) is 7.07. The molecule has 0 aromatic rings. The summed E-state index contributed by atoms with van der Waals surface area (Å²) in [5.74, 6) is 2.96. The zero-order valence-corrected chi connectivity index (χ0v) is 12.6. The normalized spacial score (nSPS) is 32.3. The van der Waals surface area contributed by atoms with Gasteiger partial charge in [0.2, 0.25) is 0 Å². The molecule has 0 spiro atoms. The molecule has 0 amide bonds. The first-order valence-electron chi connectivity index (χ1n) is 8.49. The van der Waals surface area contributed by atoms with Crippen LogP contribution in [0.4, 0.5) is 0 Å². The second-order valence-electron chi connectivity index (χ2n) is 7.07. The van der Waals surface area contributed by atoms with E-state index < -0.39 is 0 Å². The van der Waals surface area contributed by atoms with Crippen molar-refractivity contribution in [2.75, 3.05) is 6.54 Å². The van der Waals surface area contributed by atoms with Crippen LogP contribution in [-0.2, 0) is 0 Å². The minimum Gasteiger partial charge on any atom is -0.314 e. The summed E-state index contributed by atoms with van der Waals surface area (Å²) in [5, 5.41) is 3.81. The summed E-state index contributed by atoms with van der Waals surface area (Å²) in [5.41, 5.74) is 0. The van der Waals surface area contributed by atoms with Crippen molar-refractivity contribution < 1.29 is 0 Å². The van der Waals surface area contributed by atoms with E-state index >= 15 is 0 Å². The molecule has 0 saturated heterocycles. The molecule has 2 rings (SSSR count). The molecule has 0 aromatic carbocycles. The molecular formula is C17H33N. The Bertz CT molecular complexity index is 220. The van der Waals surface area contributed by atoms with Crippen LogP contribution in [0, 0.1) is 17.8 Å². The average Bonchev–Trinajstić information content (AvgIpc) is 2.40. The molecule has 0 heterocycles. The van der Waals surface area contributed by atoms with Gasteiger partial charge in [0.05, 0.1) is 0 Å². The highest BCUT2D eigenvalue weighted by Gasteiger charge is 2.21. The average molecular weight is 251 g/mol. The van der Waals surface area contributed by atoms with Gasteiger partial charge in [-0.15, -0.1) is 0 Å². The number of nitrogens with one attached hydrogen (secondary N) is 1. The minimum absolute atomic E-state index is 0.756. The summed E-state index contributed by atoms with van der Waals surface area (Å²) < 4.78 is 0. The smallest absolute Gasteiger partial charge is 0.00669 e. The number of hydrogen-bond donors (Lipinski definition) is 1. The monoisotopic (exact) mass is 251 g/mol. The lowest BCUT2D eigenvalue weighted by molar-refractivity contribution is 0.247. The van der Waals surface area contributed by atoms with E-state index in [1.54, 1.807) is 0 Å². The van der Waals surface area contributed by atoms with Gasteiger partial charge in [-0.3, -0.25) is 0 Å². The minimum atomic E-state index is 0.756.